The van der Waals surface area contributed by atoms with Crippen molar-refractivity contribution in [2.45, 2.75) is 6.92 Å². The Bertz CT molecular complexity index is 910. The number of amides is 2. The molecule has 0 aliphatic carbocycles. The van der Waals surface area contributed by atoms with Gasteiger partial charge in [0.2, 0.25) is 0 Å². The smallest absolute Gasteiger partial charge is 0.283 e. The molecular weight excluding hydrogens is 399 g/mol. The molecule has 8 heteroatoms. The Morgan fingerprint density at radius 2 is 1.69 bits per heavy atom. The van der Waals surface area contributed by atoms with Crippen molar-refractivity contribution in [2.75, 3.05) is 16.8 Å². The van der Waals surface area contributed by atoms with Crippen LogP contribution in [-0.4, -0.2) is 18.4 Å². The van der Waals surface area contributed by atoms with Crippen LogP contribution in [0.15, 0.2) is 53.2 Å². The maximum absolute atomic E-state index is 12.7. The van der Waals surface area contributed by atoms with Crippen LogP contribution in [0, 0.1) is 0 Å². The summed E-state index contributed by atoms with van der Waals surface area (Å²) in [7, 11) is 0. The molecular formula is C18H13Cl3N2O3. The number of anilines is 2. The van der Waals surface area contributed by atoms with Crippen LogP contribution in [-0.2, 0) is 9.59 Å². The Hall–Kier alpha value is -2.21. The number of benzene rings is 2. The van der Waals surface area contributed by atoms with Gasteiger partial charge in [-0.05, 0) is 49.4 Å². The van der Waals surface area contributed by atoms with Crippen LogP contribution < -0.4 is 15.0 Å². The lowest BCUT2D eigenvalue weighted by molar-refractivity contribution is -0.120. The molecule has 1 aliphatic heterocycles. The summed E-state index contributed by atoms with van der Waals surface area (Å²) in [5.74, 6) is -0.561. The van der Waals surface area contributed by atoms with Crippen LogP contribution in [0.3, 0.4) is 0 Å². The molecule has 2 aromatic rings. The number of carbonyl (C=O) groups excluding carboxylic acids is 2. The van der Waals surface area contributed by atoms with Crippen molar-refractivity contribution < 1.29 is 14.3 Å². The van der Waals surface area contributed by atoms with E-state index < -0.39 is 11.8 Å². The Morgan fingerprint density at radius 1 is 1.00 bits per heavy atom. The lowest BCUT2D eigenvalue weighted by atomic mass is 10.2. The van der Waals surface area contributed by atoms with Gasteiger partial charge in [-0.2, -0.15) is 0 Å². The summed E-state index contributed by atoms with van der Waals surface area (Å²) in [4.78, 5) is 26.1. The van der Waals surface area contributed by atoms with Gasteiger partial charge < -0.3 is 10.1 Å². The fourth-order valence-corrected chi connectivity index (χ4v) is 3.14. The van der Waals surface area contributed by atoms with E-state index in [1.54, 1.807) is 24.3 Å². The maximum atomic E-state index is 12.7. The van der Waals surface area contributed by atoms with E-state index in [0.29, 0.717) is 23.1 Å². The second kappa shape index (κ2) is 7.58. The van der Waals surface area contributed by atoms with Crippen molar-refractivity contribution in [1.82, 2.24) is 0 Å². The quantitative estimate of drug-likeness (QED) is 0.716. The Balaban J connectivity index is 1.86. The zero-order chi connectivity index (χ0) is 18.8. The van der Waals surface area contributed by atoms with Crippen LogP contribution in [0.1, 0.15) is 6.92 Å². The van der Waals surface area contributed by atoms with Crippen molar-refractivity contribution in [1.29, 1.82) is 0 Å². The highest BCUT2D eigenvalue weighted by Gasteiger charge is 2.39. The summed E-state index contributed by atoms with van der Waals surface area (Å²) >= 11 is 18.1. The average molecular weight is 412 g/mol. The van der Waals surface area contributed by atoms with Crippen molar-refractivity contribution in [2.24, 2.45) is 0 Å². The molecule has 0 spiro atoms. The van der Waals surface area contributed by atoms with E-state index >= 15 is 0 Å². The first-order chi connectivity index (χ1) is 12.4. The minimum atomic E-state index is -0.658. The van der Waals surface area contributed by atoms with Crippen molar-refractivity contribution in [3.8, 4) is 5.75 Å². The fraction of sp³-hybridized carbons (Fsp3) is 0.111. The average Bonchev–Trinajstić information content (AvgIpc) is 2.81. The van der Waals surface area contributed by atoms with Crippen LogP contribution in [0.5, 0.6) is 5.75 Å². The summed E-state index contributed by atoms with van der Waals surface area (Å²) in [6.45, 7) is 2.43. The highest BCUT2D eigenvalue weighted by Crippen LogP contribution is 2.35. The summed E-state index contributed by atoms with van der Waals surface area (Å²) < 4.78 is 5.37. The first-order valence-corrected chi connectivity index (χ1v) is 8.79. The lowest BCUT2D eigenvalue weighted by Gasteiger charge is -2.16. The third-order valence-corrected chi connectivity index (χ3v) is 4.50. The lowest BCUT2D eigenvalue weighted by Crippen LogP contribution is -2.32. The summed E-state index contributed by atoms with van der Waals surface area (Å²) in [6, 6.07) is 11.4. The van der Waals surface area contributed by atoms with E-state index in [9.17, 15) is 9.59 Å². The zero-order valence-corrected chi connectivity index (χ0v) is 15.8. The largest absolute Gasteiger partial charge is 0.494 e. The third kappa shape index (κ3) is 3.51. The van der Waals surface area contributed by atoms with Gasteiger partial charge in [-0.1, -0.05) is 34.8 Å². The summed E-state index contributed by atoms with van der Waals surface area (Å²) in [5.41, 5.74) is 0.784. The van der Waals surface area contributed by atoms with E-state index in [-0.39, 0.29) is 21.4 Å². The maximum Gasteiger partial charge on any atom is 0.283 e. The van der Waals surface area contributed by atoms with Gasteiger partial charge >= 0.3 is 0 Å². The normalized spacial score (nSPS) is 14.2. The number of nitrogens with zero attached hydrogens (tertiary/aromatic N) is 1. The van der Waals surface area contributed by atoms with Crippen molar-refractivity contribution >= 4 is 58.0 Å². The van der Waals surface area contributed by atoms with Gasteiger partial charge in [-0.25, -0.2) is 4.90 Å². The summed E-state index contributed by atoms with van der Waals surface area (Å²) in [5, 5.41) is 3.23. The van der Waals surface area contributed by atoms with Crippen LogP contribution in [0.4, 0.5) is 11.4 Å². The molecule has 1 N–H and O–H groups in total. The molecule has 0 atom stereocenters. The predicted molar refractivity (Wildman–Crippen MR) is 103 cm³/mol. The molecule has 0 fully saturated rings. The number of carbonyl (C=O) groups is 2. The molecule has 0 radical (unpaired) electrons. The first kappa shape index (κ1) is 18.6. The minimum Gasteiger partial charge on any atom is -0.494 e. The Morgan fingerprint density at radius 3 is 2.31 bits per heavy atom. The molecule has 0 saturated heterocycles. The minimum absolute atomic E-state index is 0.0214. The number of rotatable bonds is 5. The molecule has 0 aromatic heterocycles. The highest BCUT2D eigenvalue weighted by molar-refractivity contribution is 6.53. The zero-order valence-electron chi connectivity index (χ0n) is 13.6. The van der Waals surface area contributed by atoms with Crippen molar-refractivity contribution in [3.63, 3.8) is 0 Å². The van der Waals surface area contributed by atoms with Gasteiger partial charge in [0.25, 0.3) is 11.8 Å². The molecule has 0 saturated carbocycles. The Kier molecular flexibility index (Phi) is 5.41. The second-order valence-corrected chi connectivity index (χ2v) is 6.53. The fourth-order valence-electron chi connectivity index (χ4n) is 2.44. The van der Waals surface area contributed by atoms with Gasteiger partial charge in [0.05, 0.1) is 17.3 Å². The van der Waals surface area contributed by atoms with E-state index in [0.717, 1.165) is 4.90 Å². The van der Waals surface area contributed by atoms with E-state index in [2.05, 4.69) is 5.32 Å². The van der Waals surface area contributed by atoms with Gasteiger partial charge in [0.1, 0.15) is 16.5 Å². The van der Waals surface area contributed by atoms with Gasteiger partial charge in [0, 0.05) is 10.7 Å². The molecule has 26 heavy (non-hydrogen) atoms. The molecule has 1 heterocycles. The number of nitrogens with one attached hydrogen (secondary N) is 1. The number of ether oxygens (including phenoxy) is 1. The molecule has 2 aromatic carbocycles. The monoisotopic (exact) mass is 410 g/mol. The second-order valence-electron chi connectivity index (χ2n) is 5.31. The standard InChI is InChI=1S/C18H13Cl3N2O3/c1-2-26-12-6-4-11(5-7-12)22-16-15(21)17(24)23(18(16)25)14-8-3-10(19)9-13(14)20/h3-9,22H,2H2,1H3. The molecule has 0 unspecified atom stereocenters. The number of hydrogen-bond acceptors (Lipinski definition) is 4. The molecule has 2 amide bonds. The van der Waals surface area contributed by atoms with Crippen LogP contribution in [0.2, 0.25) is 10.0 Å². The topological polar surface area (TPSA) is 58.6 Å². The van der Waals surface area contributed by atoms with Crippen LogP contribution >= 0.6 is 34.8 Å². The molecule has 134 valence electrons. The molecule has 3 rings (SSSR count). The number of halogens is 3. The predicted octanol–water partition coefficient (Wildman–Crippen LogP) is 4.83. The number of imide groups is 1. The third-order valence-electron chi connectivity index (χ3n) is 3.61. The van der Waals surface area contributed by atoms with E-state index in [1.165, 1.54) is 18.2 Å². The highest BCUT2D eigenvalue weighted by atomic mass is 35.5. The number of hydrogen-bond donors (Lipinski definition) is 1. The SMILES string of the molecule is CCOc1ccc(NC2=C(Cl)C(=O)N(c3ccc(Cl)cc3Cl)C2=O)cc1. The van der Waals surface area contributed by atoms with Gasteiger partial charge in [0.15, 0.2) is 0 Å². The molecule has 1 aliphatic rings. The van der Waals surface area contributed by atoms with Crippen LogP contribution in [0.25, 0.3) is 0 Å². The Labute approximate surface area is 165 Å². The summed E-state index contributed by atoms with van der Waals surface area (Å²) in [6.07, 6.45) is 0. The first-order valence-electron chi connectivity index (χ1n) is 7.66. The van der Waals surface area contributed by atoms with E-state index in [1.807, 2.05) is 6.92 Å². The van der Waals surface area contributed by atoms with E-state index in [4.69, 9.17) is 39.5 Å². The van der Waals surface area contributed by atoms with Crippen molar-refractivity contribution in [3.05, 3.63) is 63.2 Å². The molecule has 0 bridgehead atoms. The van der Waals surface area contributed by atoms with Gasteiger partial charge in [-0.3, -0.25) is 9.59 Å². The molecule has 5 nitrogen and oxygen atoms in total. The van der Waals surface area contributed by atoms with Gasteiger partial charge in [-0.15, -0.1) is 0 Å².